The summed E-state index contributed by atoms with van der Waals surface area (Å²) in [5, 5.41) is 4.19. The Morgan fingerprint density at radius 1 is 1.03 bits per heavy atom. The third-order valence-electron chi connectivity index (χ3n) is 5.77. The van der Waals surface area contributed by atoms with Crippen LogP contribution in [0.3, 0.4) is 0 Å². The molecule has 6 nitrogen and oxygen atoms in total. The van der Waals surface area contributed by atoms with Crippen LogP contribution in [0.2, 0.25) is 0 Å². The van der Waals surface area contributed by atoms with Gasteiger partial charge in [-0.2, -0.15) is 0 Å². The predicted octanol–water partition coefficient (Wildman–Crippen LogP) is 5.11. The summed E-state index contributed by atoms with van der Waals surface area (Å²) in [6.45, 7) is 6.00. The van der Waals surface area contributed by atoms with Crippen molar-refractivity contribution < 1.29 is 14.3 Å². The molecule has 2 aromatic carbocycles. The molecule has 0 saturated carbocycles. The van der Waals surface area contributed by atoms with Crippen molar-refractivity contribution in [3.8, 4) is 11.5 Å². The number of aromatic nitrogens is 1. The summed E-state index contributed by atoms with van der Waals surface area (Å²) in [6, 6.07) is 15.2. The fourth-order valence-electron chi connectivity index (χ4n) is 4.46. The van der Waals surface area contributed by atoms with E-state index in [4.69, 9.17) is 14.5 Å². The van der Waals surface area contributed by atoms with Gasteiger partial charge >= 0.3 is 0 Å². The predicted molar refractivity (Wildman–Crippen MR) is 123 cm³/mol. The smallest absolute Gasteiger partial charge is 0.254 e. The number of carbonyl (C=O) groups excluding carboxylic acids is 1. The number of amides is 1. The Hall–Kier alpha value is -3.28. The number of likely N-dealkylation sites (tertiary alicyclic amines) is 1. The van der Waals surface area contributed by atoms with Gasteiger partial charge in [0.05, 0.1) is 31.0 Å². The average Bonchev–Trinajstić information content (AvgIpc) is 2.77. The second kappa shape index (κ2) is 8.84. The molecule has 31 heavy (non-hydrogen) atoms. The van der Waals surface area contributed by atoms with Crippen molar-refractivity contribution in [1.29, 1.82) is 0 Å². The van der Waals surface area contributed by atoms with Gasteiger partial charge in [0, 0.05) is 24.5 Å². The summed E-state index contributed by atoms with van der Waals surface area (Å²) < 4.78 is 10.8. The first-order valence-electron chi connectivity index (χ1n) is 10.7. The van der Waals surface area contributed by atoms with Crippen molar-refractivity contribution in [1.82, 2.24) is 9.88 Å². The summed E-state index contributed by atoms with van der Waals surface area (Å²) >= 11 is 0. The molecule has 1 N–H and O–H groups in total. The zero-order chi connectivity index (χ0) is 22.0. The van der Waals surface area contributed by atoms with E-state index in [-0.39, 0.29) is 5.91 Å². The van der Waals surface area contributed by atoms with Crippen molar-refractivity contribution in [2.45, 2.75) is 20.3 Å². The van der Waals surface area contributed by atoms with Gasteiger partial charge in [-0.05, 0) is 42.5 Å². The zero-order valence-electron chi connectivity index (χ0n) is 18.5. The van der Waals surface area contributed by atoms with Crippen LogP contribution in [0.1, 0.15) is 30.6 Å². The molecular formula is C25H29N3O3. The molecule has 4 rings (SSSR count). The number of rotatable bonds is 5. The molecule has 0 unspecified atom stereocenters. The Morgan fingerprint density at radius 3 is 2.48 bits per heavy atom. The Kier molecular flexibility index (Phi) is 5.98. The van der Waals surface area contributed by atoms with Crippen molar-refractivity contribution in [3.63, 3.8) is 0 Å². The SMILES string of the molecule is COc1ccc(Nc2cc(C(=O)N3C[C@H](C)C[C@@H](C)C3)c3ccccc3n2)c(OC)c1. The molecule has 2 atom stereocenters. The molecule has 6 heteroatoms. The molecular weight excluding hydrogens is 390 g/mol. The number of nitrogens with zero attached hydrogens (tertiary/aromatic N) is 2. The van der Waals surface area contributed by atoms with E-state index in [2.05, 4.69) is 19.2 Å². The standard InChI is InChI=1S/C25H29N3O3/c1-16-11-17(2)15-28(14-16)25(29)20-13-24(26-21-8-6-5-7-19(20)21)27-22-10-9-18(30-3)12-23(22)31-4/h5-10,12-13,16-17H,11,14-15H2,1-4H3,(H,26,27)/t16-,17-/m1/s1. The Bertz CT molecular complexity index is 1090. The summed E-state index contributed by atoms with van der Waals surface area (Å²) in [5.74, 6) is 3.01. The number of nitrogens with one attached hydrogen (secondary N) is 1. The number of anilines is 2. The van der Waals surface area contributed by atoms with E-state index in [0.717, 1.165) is 36.1 Å². The molecule has 1 aromatic heterocycles. The number of ether oxygens (including phenoxy) is 2. The third kappa shape index (κ3) is 4.43. The normalized spacial score (nSPS) is 18.6. The van der Waals surface area contributed by atoms with Gasteiger partial charge in [0.15, 0.2) is 0 Å². The van der Waals surface area contributed by atoms with Gasteiger partial charge in [0.1, 0.15) is 17.3 Å². The zero-order valence-corrected chi connectivity index (χ0v) is 18.5. The van der Waals surface area contributed by atoms with Crippen molar-refractivity contribution in [3.05, 3.63) is 54.1 Å². The van der Waals surface area contributed by atoms with Gasteiger partial charge in [-0.25, -0.2) is 4.98 Å². The largest absolute Gasteiger partial charge is 0.497 e. The van der Waals surface area contributed by atoms with Crippen molar-refractivity contribution in [2.75, 3.05) is 32.6 Å². The molecule has 1 fully saturated rings. The quantitative estimate of drug-likeness (QED) is 0.622. The van der Waals surface area contributed by atoms with E-state index in [0.29, 0.717) is 34.7 Å². The molecule has 0 radical (unpaired) electrons. The number of piperidine rings is 1. The average molecular weight is 420 g/mol. The summed E-state index contributed by atoms with van der Waals surface area (Å²) in [7, 11) is 3.23. The minimum absolute atomic E-state index is 0.0572. The van der Waals surface area contributed by atoms with Crippen LogP contribution in [-0.2, 0) is 0 Å². The highest BCUT2D eigenvalue weighted by atomic mass is 16.5. The maximum atomic E-state index is 13.5. The number of benzene rings is 2. The summed E-state index contributed by atoms with van der Waals surface area (Å²) in [5.41, 5.74) is 2.20. The van der Waals surface area contributed by atoms with Gasteiger partial charge in [0.25, 0.3) is 5.91 Å². The number of para-hydroxylation sites is 1. The number of pyridine rings is 1. The van der Waals surface area contributed by atoms with Crippen LogP contribution in [0.5, 0.6) is 11.5 Å². The molecule has 1 aliphatic rings. The maximum absolute atomic E-state index is 13.5. The van der Waals surface area contributed by atoms with Crippen LogP contribution in [0.4, 0.5) is 11.5 Å². The number of hydrogen-bond donors (Lipinski definition) is 1. The highest BCUT2D eigenvalue weighted by Gasteiger charge is 2.27. The van der Waals surface area contributed by atoms with Crippen LogP contribution < -0.4 is 14.8 Å². The highest BCUT2D eigenvalue weighted by molar-refractivity contribution is 6.07. The second-order valence-electron chi connectivity index (χ2n) is 8.42. The van der Waals surface area contributed by atoms with Crippen LogP contribution in [0.25, 0.3) is 10.9 Å². The van der Waals surface area contributed by atoms with Gasteiger partial charge in [-0.15, -0.1) is 0 Å². The summed E-state index contributed by atoms with van der Waals surface area (Å²) in [6.07, 6.45) is 1.16. The molecule has 0 bridgehead atoms. The molecule has 162 valence electrons. The topological polar surface area (TPSA) is 63.7 Å². The van der Waals surface area contributed by atoms with E-state index in [9.17, 15) is 4.79 Å². The first kappa shape index (κ1) is 21.0. The lowest BCUT2D eigenvalue weighted by Gasteiger charge is -2.35. The van der Waals surface area contributed by atoms with Gasteiger partial charge in [0.2, 0.25) is 0 Å². The fraction of sp³-hybridized carbons (Fsp3) is 0.360. The van der Waals surface area contributed by atoms with Crippen LogP contribution in [0.15, 0.2) is 48.5 Å². The lowest BCUT2D eigenvalue weighted by atomic mass is 9.91. The number of methoxy groups -OCH3 is 2. The Morgan fingerprint density at radius 2 is 1.77 bits per heavy atom. The lowest BCUT2D eigenvalue weighted by Crippen LogP contribution is -2.42. The number of fused-ring (bicyclic) bond motifs is 1. The fourth-order valence-corrected chi connectivity index (χ4v) is 4.46. The minimum Gasteiger partial charge on any atom is -0.497 e. The first-order chi connectivity index (χ1) is 15.0. The molecule has 0 spiro atoms. The van der Waals surface area contributed by atoms with Gasteiger partial charge in [-0.3, -0.25) is 4.79 Å². The van der Waals surface area contributed by atoms with Crippen LogP contribution in [-0.4, -0.2) is 43.1 Å². The van der Waals surface area contributed by atoms with E-state index < -0.39 is 0 Å². The number of hydrogen-bond acceptors (Lipinski definition) is 5. The molecule has 2 heterocycles. The van der Waals surface area contributed by atoms with E-state index in [1.54, 1.807) is 14.2 Å². The number of carbonyl (C=O) groups is 1. The van der Waals surface area contributed by atoms with Gasteiger partial charge < -0.3 is 19.7 Å². The molecule has 0 aliphatic carbocycles. The molecule has 3 aromatic rings. The monoisotopic (exact) mass is 419 g/mol. The Labute approximate surface area is 183 Å². The van der Waals surface area contributed by atoms with E-state index in [1.807, 2.05) is 53.4 Å². The second-order valence-corrected chi connectivity index (χ2v) is 8.42. The lowest BCUT2D eigenvalue weighted by molar-refractivity contribution is 0.0625. The Balaban J connectivity index is 1.73. The minimum atomic E-state index is 0.0572. The maximum Gasteiger partial charge on any atom is 0.254 e. The van der Waals surface area contributed by atoms with Gasteiger partial charge in [-0.1, -0.05) is 32.0 Å². The van der Waals surface area contributed by atoms with Crippen LogP contribution in [0, 0.1) is 11.8 Å². The van der Waals surface area contributed by atoms with E-state index in [1.165, 1.54) is 0 Å². The third-order valence-corrected chi connectivity index (χ3v) is 5.77. The molecule has 1 saturated heterocycles. The highest BCUT2D eigenvalue weighted by Crippen LogP contribution is 2.33. The van der Waals surface area contributed by atoms with Crippen molar-refractivity contribution in [2.24, 2.45) is 11.8 Å². The molecule has 1 aliphatic heterocycles. The summed E-state index contributed by atoms with van der Waals surface area (Å²) in [4.78, 5) is 20.3. The van der Waals surface area contributed by atoms with Crippen LogP contribution >= 0.6 is 0 Å². The molecule has 1 amide bonds. The first-order valence-corrected chi connectivity index (χ1v) is 10.7. The van der Waals surface area contributed by atoms with Crippen molar-refractivity contribution >= 4 is 28.3 Å². The van der Waals surface area contributed by atoms with E-state index >= 15 is 0 Å².